The maximum Gasteiger partial charge on any atom is 0.433 e. The lowest BCUT2D eigenvalue weighted by molar-refractivity contribution is -0.402. The van der Waals surface area contributed by atoms with Crippen LogP contribution in [0.2, 0.25) is 0 Å². The first kappa shape index (κ1) is 9.77. The van der Waals surface area contributed by atoms with Gasteiger partial charge in [0.1, 0.15) is 11.2 Å². The van der Waals surface area contributed by atoms with Gasteiger partial charge in [0.2, 0.25) is 0 Å². The molecule has 0 aliphatic carbocycles. The number of nitrogens with zero attached hydrogens (tertiary/aromatic N) is 1. The van der Waals surface area contributed by atoms with Gasteiger partial charge in [-0.2, -0.15) is 0 Å². The average Bonchev–Trinajstić information content (AvgIpc) is 2.53. The lowest BCUT2D eigenvalue weighted by Gasteiger charge is -1.92. The fourth-order valence-corrected chi connectivity index (χ4v) is 1.10. The number of aryl methyl sites for hydroxylation is 1. The van der Waals surface area contributed by atoms with Crippen molar-refractivity contribution >= 4 is 5.88 Å². The number of hydrogen-bond acceptors (Lipinski definition) is 3. The Morgan fingerprint density at radius 2 is 2.31 bits per heavy atom. The summed E-state index contributed by atoms with van der Waals surface area (Å²) in [6, 6.07) is 1.48. The summed E-state index contributed by atoms with van der Waals surface area (Å²) in [5, 5.41) is 10.2. The van der Waals surface area contributed by atoms with Crippen molar-refractivity contribution in [2.24, 2.45) is 0 Å². The zero-order valence-electron chi connectivity index (χ0n) is 7.36. The van der Waals surface area contributed by atoms with Crippen LogP contribution in [-0.2, 0) is 6.42 Å². The van der Waals surface area contributed by atoms with E-state index < -0.39 is 4.92 Å². The van der Waals surface area contributed by atoms with Gasteiger partial charge in [0, 0.05) is 0 Å². The van der Waals surface area contributed by atoms with Crippen molar-refractivity contribution in [2.45, 2.75) is 25.7 Å². The Kier molecular flexibility index (Phi) is 3.49. The zero-order chi connectivity index (χ0) is 9.68. The van der Waals surface area contributed by atoms with Crippen LogP contribution in [0.3, 0.4) is 0 Å². The first-order valence-electron chi connectivity index (χ1n) is 4.25. The van der Waals surface area contributed by atoms with Crippen molar-refractivity contribution < 1.29 is 9.34 Å². The molecule has 0 spiro atoms. The van der Waals surface area contributed by atoms with E-state index in [9.17, 15) is 10.1 Å². The fraction of sp³-hybridized carbons (Fsp3) is 0.444. The van der Waals surface area contributed by atoms with Crippen LogP contribution in [0.4, 0.5) is 5.88 Å². The van der Waals surface area contributed by atoms with E-state index in [0.29, 0.717) is 0 Å². The van der Waals surface area contributed by atoms with Crippen molar-refractivity contribution in [2.75, 3.05) is 0 Å². The number of furan rings is 1. The van der Waals surface area contributed by atoms with Gasteiger partial charge in [-0.1, -0.05) is 19.8 Å². The number of nitro groups is 1. The summed E-state index contributed by atoms with van der Waals surface area (Å²) in [6.45, 7) is 3.72. The second-order valence-electron chi connectivity index (χ2n) is 2.86. The third-order valence-corrected chi connectivity index (χ3v) is 1.79. The normalized spacial score (nSPS) is 10.2. The molecule has 0 fully saturated rings. The molecular weight excluding hydrogens is 170 g/mol. The topological polar surface area (TPSA) is 56.3 Å². The second-order valence-corrected chi connectivity index (χ2v) is 2.86. The number of rotatable bonds is 5. The minimum atomic E-state index is -0.523. The van der Waals surface area contributed by atoms with E-state index in [1.165, 1.54) is 12.3 Å². The van der Waals surface area contributed by atoms with Crippen molar-refractivity contribution in [3.05, 3.63) is 34.9 Å². The molecule has 71 valence electrons. The van der Waals surface area contributed by atoms with E-state index in [2.05, 4.69) is 6.92 Å². The van der Waals surface area contributed by atoms with E-state index in [0.717, 1.165) is 31.2 Å². The molecule has 1 radical (unpaired) electrons. The van der Waals surface area contributed by atoms with Crippen LogP contribution < -0.4 is 0 Å². The quantitative estimate of drug-likeness (QED) is 0.399. The summed E-state index contributed by atoms with van der Waals surface area (Å²) in [5.41, 5.74) is 0.889. The van der Waals surface area contributed by atoms with E-state index >= 15 is 0 Å². The van der Waals surface area contributed by atoms with Gasteiger partial charge in [-0.3, -0.25) is 10.1 Å². The highest BCUT2D eigenvalue weighted by Gasteiger charge is 2.10. The Labute approximate surface area is 76.7 Å². The van der Waals surface area contributed by atoms with Crippen LogP contribution >= 0.6 is 0 Å². The Hall–Kier alpha value is -1.32. The van der Waals surface area contributed by atoms with Gasteiger partial charge in [0.15, 0.2) is 0 Å². The molecule has 0 aliphatic rings. The van der Waals surface area contributed by atoms with Crippen molar-refractivity contribution in [1.82, 2.24) is 0 Å². The van der Waals surface area contributed by atoms with Gasteiger partial charge in [0.05, 0.1) is 6.07 Å². The van der Waals surface area contributed by atoms with Crippen LogP contribution in [0.25, 0.3) is 0 Å². The summed E-state index contributed by atoms with van der Waals surface area (Å²) >= 11 is 0. The number of unbranched alkanes of at least 4 members (excludes halogenated alkanes) is 2. The predicted octanol–water partition coefficient (Wildman–Crippen LogP) is 2.73. The molecule has 0 unspecified atom stereocenters. The second kappa shape index (κ2) is 4.64. The van der Waals surface area contributed by atoms with E-state index in [-0.39, 0.29) is 5.88 Å². The standard InChI is InChI=1S/C9H12NO3/c1-2-3-4-5-8-6-9(10(11)12)13-7-8/h6-7H,1-5H2. The lowest BCUT2D eigenvalue weighted by Crippen LogP contribution is -1.84. The molecule has 4 nitrogen and oxygen atoms in total. The van der Waals surface area contributed by atoms with Crippen LogP contribution in [0, 0.1) is 17.0 Å². The Morgan fingerprint density at radius 1 is 1.54 bits per heavy atom. The monoisotopic (exact) mass is 182 g/mol. The molecule has 1 heterocycles. The lowest BCUT2D eigenvalue weighted by atomic mass is 10.1. The molecule has 0 saturated heterocycles. The molecule has 0 saturated carbocycles. The molecular formula is C9H12NO3. The molecule has 13 heavy (non-hydrogen) atoms. The van der Waals surface area contributed by atoms with Gasteiger partial charge in [-0.25, -0.2) is 0 Å². The Balaban J connectivity index is 2.44. The maximum atomic E-state index is 10.2. The molecule has 0 bridgehead atoms. The van der Waals surface area contributed by atoms with E-state index in [4.69, 9.17) is 4.42 Å². The smallest absolute Gasteiger partial charge is 0.409 e. The summed E-state index contributed by atoms with van der Waals surface area (Å²) in [4.78, 5) is 9.72. The number of hydrogen-bond donors (Lipinski definition) is 0. The molecule has 0 atom stereocenters. The summed E-state index contributed by atoms with van der Waals surface area (Å²) < 4.78 is 4.74. The summed E-state index contributed by atoms with van der Waals surface area (Å²) in [7, 11) is 0. The maximum absolute atomic E-state index is 10.2. The minimum absolute atomic E-state index is 0.176. The van der Waals surface area contributed by atoms with Gasteiger partial charge >= 0.3 is 5.88 Å². The SMILES string of the molecule is [CH2]CCCCc1coc([N+](=O)[O-])c1. The molecule has 1 rings (SSSR count). The van der Waals surface area contributed by atoms with E-state index in [1.807, 2.05) is 0 Å². The third kappa shape index (κ3) is 2.89. The van der Waals surface area contributed by atoms with Crippen LogP contribution in [-0.4, -0.2) is 4.92 Å². The average molecular weight is 182 g/mol. The molecule has 0 aliphatic heterocycles. The highest BCUT2D eigenvalue weighted by atomic mass is 16.6. The third-order valence-electron chi connectivity index (χ3n) is 1.79. The van der Waals surface area contributed by atoms with Crippen molar-refractivity contribution in [3.63, 3.8) is 0 Å². The van der Waals surface area contributed by atoms with Crippen LogP contribution in [0.15, 0.2) is 16.7 Å². The van der Waals surface area contributed by atoms with Gasteiger partial charge < -0.3 is 4.42 Å². The highest BCUT2D eigenvalue weighted by Crippen LogP contribution is 2.17. The van der Waals surface area contributed by atoms with Gasteiger partial charge in [-0.05, 0) is 18.4 Å². The molecule has 0 aromatic carbocycles. The van der Waals surface area contributed by atoms with Gasteiger partial charge in [0.25, 0.3) is 0 Å². The van der Waals surface area contributed by atoms with Crippen molar-refractivity contribution in [1.29, 1.82) is 0 Å². The Bertz CT molecular complexity index is 280. The van der Waals surface area contributed by atoms with Crippen LogP contribution in [0.5, 0.6) is 0 Å². The highest BCUT2D eigenvalue weighted by molar-refractivity contribution is 5.22. The van der Waals surface area contributed by atoms with Gasteiger partial charge in [-0.15, -0.1) is 0 Å². The molecule has 1 aromatic rings. The summed E-state index contributed by atoms with van der Waals surface area (Å²) in [5.74, 6) is -0.176. The first-order valence-corrected chi connectivity index (χ1v) is 4.25. The molecule has 1 aromatic heterocycles. The van der Waals surface area contributed by atoms with Crippen molar-refractivity contribution in [3.8, 4) is 0 Å². The van der Waals surface area contributed by atoms with Crippen LogP contribution in [0.1, 0.15) is 24.8 Å². The zero-order valence-corrected chi connectivity index (χ0v) is 7.36. The fourth-order valence-electron chi connectivity index (χ4n) is 1.10. The first-order chi connectivity index (χ1) is 6.24. The Morgan fingerprint density at radius 3 is 2.85 bits per heavy atom. The molecule has 0 amide bonds. The summed E-state index contributed by atoms with van der Waals surface area (Å²) in [6.07, 6.45) is 5.22. The van der Waals surface area contributed by atoms with E-state index in [1.54, 1.807) is 0 Å². The minimum Gasteiger partial charge on any atom is -0.409 e. The largest absolute Gasteiger partial charge is 0.433 e. The molecule has 0 N–H and O–H groups in total. The predicted molar refractivity (Wildman–Crippen MR) is 48.3 cm³/mol. The molecule has 4 heteroatoms.